The van der Waals surface area contributed by atoms with Gasteiger partial charge in [-0.05, 0) is 19.1 Å². The van der Waals surface area contributed by atoms with Gasteiger partial charge < -0.3 is 4.74 Å². The van der Waals surface area contributed by atoms with E-state index in [-0.39, 0.29) is 17.2 Å². The summed E-state index contributed by atoms with van der Waals surface area (Å²) in [5.74, 6) is -0.0827. The van der Waals surface area contributed by atoms with E-state index in [1.807, 2.05) is 6.07 Å². The van der Waals surface area contributed by atoms with Crippen LogP contribution in [0.5, 0.6) is 5.75 Å². The third kappa shape index (κ3) is 2.83. The smallest absolute Gasteiger partial charge is 0.310 e. The van der Waals surface area contributed by atoms with Crippen LogP contribution in [0.25, 0.3) is 0 Å². The Kier molecular flexibility index (Phi) is 4.10. The largest absolute Gasteiger partial charge is 0.487 e. The topological polar surface area (TPSA) is 69.4 Å². The van der Waals surface area contributed by atoms with E-state index in [0.717, 1.165) is 0 Å². The SMILES string of the molecule is CCOc1cc(C(=O)c2ccccc2)ccc1[N+](=O)[O-]. The molecule has 0 spiro atoms. The first kappa shape index (κ1) is 13.7. The molecule has 0 saturated heterocycles. The van der Waals surface area contributed by atoms with Crippen LogP contribution in [0.3, 0.4) is 0 Å². The Morgan fingerprint density at radius 1 is 1.15 bits per heavy atom. The van der Waals surface area contributed by atoms with Crippen LogP contribution in [0.15, 0.2) is 48.5 Å². The summed E-state index contributed by atoms with van der Waals surface area (Å²) >= 11 is 0. The number of ether oxygens (including phenoxy) is 1. The summed E-state index contributed by atoms with van der Waals surface area (Å²) in [5, 5.41) is 10.9. The standard InChI is InChI=1S/C15H13NO4/c1-2-20-14-10-12(8-9-13(14)16(18)19)15(17)11-6-4-3-5-7-11/h3-10H,2H2,1H3. The number of ketones is 1. The summed E-state index contributed by atoms with van der Waals surface area (Å²) in [5.41, 5.74) is 0.755. The van der Waals surface area contributed by atoms with Crippen LogP contribution in [0, 0.1) is 10.1 Å². The molecule has 0 saturated carbocycles. The van der Waals surface area contributed by atoms with E-state index < -0.39 is 4.92 Å². The van der Waals surface area contributed by atoms with E-state index in [1.54, 1.807) is 31.2 Å². The third-order valence-corrected chi connectivity index (χ3v) is 2.75. The first-order valence-corrected chi connectivity index (χ1v) is 6.14. The maximum absolute atomic E-state index is 12.3. The first-order valence-electron chi connectivity index (χ1n) is 6.14. The van der Waals surface area contributed by atoms with Crippen molar-refractivity contribution in [2.75, 3.05) is 6.61 Å². The van der Waals surface area contributed by atoms with Gasteiger partial charge in [0.15, 0.2) is 11.5 Å². The molecule has 0 amide bonds. The molecular formula is C15H13NO4. The van der Waals surface area contributed by atoms with Crippen molar-refractivity contribution in [2.45, 2.75) is 6.92 Å². The molecular weight excluding hydrogens is 258 g/mol. The Morgan fingerprint density at radius 3 is 2.45 bits per heavy atom. The number of hydrogen-bond acceptors (Lipinski definition) is 4. The second-order valence-electron chi connectivity index (χ2n) is 4.07. The van der Waals surface area contributed by atoms with Gasteiger partial charge in [0.05, 0.1) is 11.5 Å². The molecule has 0 aliphatic rings. The molecule has 5 heteroatoms. The molecule has 0 fully saturated rings. The molecule has 5 nitrogen and oxygen atoms in total. The number of nitro groups is 1. The van der Waals surface area contributed by atoms with E-state index in [1.165, 1.54) is 18.2 Å². The minimum absolute atomic E-state index is 0.110. The Labute approximate surface area is 116 Å². The molecule has 0 atom stereocenters. The van der Waals surface area contributed by atoms with E-state index in [2.05, 4.69) is 0 Å². The van der Waals surface area contributed by atoms with Crippen molar-refractivity contribution in [1.29, 1.82) is 0 Å². The Balaban J connectivity index is 2.41. The van der Waals surface area contributed by atoms with Crippen LogP contribution >= 0.6 is 0 Å². The maximum Gasteiger partial charge on any atom is 0.310 e. The molecule has 102 valence electrons. The predicted molar refractivity (Wildman–Crippen MR) is 74.1 cm³/mol. The average Bonchev–Trinajstić information content (AvgIpc) is 2.47. The summed E-state index contributed by atoms with van der Waals surface area (Å²) in [6, 6.07) is 12.9. The second kappa shape index (κ2) is 5.97. The molecule has 0 aromatic heterocycles. The molecule has 2 aromatic carbocycles. The van der Waals surface area contributed by atoms with Crippen molar-refractivity contribution in [2.24, 2.45) is 0 Å². The highest BCUT2D eigenvalue weighted by Gasteiger charge is 2.18. The number of carbonyl (C=O) groups excluding carboxylic acids is 1. The van der Waals surface area contributed by atoms with Crippen molar-refractivity contribution >= 4 is 11.5 Å². The number of benzene rings is 2. The Hall–Kier alpha value is -2.69. The highest BCUT2D eigenvalue weighted by molar-refractivity contribution is 6.09. The lowest BCUT2D eigenvalue weighted by Gasteiger charge is -2.06. The Morgan fingerprint density at radius 2 is 1.85 bits per heavy atom. The monoisotopic (exact) mass is 271 g/mol. The van der Waals surface area contributed by atoms with Crippen LogP contribution in [-0.4, -0.2) is 17.3 Å². The normalized spacial score (nSPS) is 10.1. The number of nitrogens with zero attached hydrogens (tertiary/aromatic N) is 1. The van der Waals surface area contributed by atoms with Gasteiger partial charge in [0.25, 0.3) is 0 Å². The zero-order valence-electron chi connectivity index (χ0n) is 10.9. The summed E-state index contributed by atoms with van der Waals surface area (Å²) in [6.45, 7) is 2.03. The molecule has 2 aromatic rings. The fraction of sp³-hybridized carbons (Fsp3) is 0.133. The summed E-state index contributed by atoms with van der Waals surface area (Å²) < 4.78 is 5.23. The summed E-state index contributed by atoms with van der Waals surface area (Å²) in [4.78, 5) is 22.6. The minimum atomic E-state index is -0.526. The molecule has 0 N–H and O–H groups in total. The van der Waals surface area contributed by atoms with Crippen LogP contribution in [0.4, 0.5) is 5.69 Å². The third-order valence-electron chi connectivity index (χ3n) is 2.75. The van der Waals surface area contributed by atoms with Gasteiger partial charge in [-0.15, -0.1) is 0 Å². The molecule has 0 aliphatic heterocycles. The van der Waals surface area contributed by atoms with Gasteiger partial charge in [0.2, 0.25) is 0 Å². The molecule has 0 heterocycles. The van der Waals surface area contributed by atoms with E-state index >= 15 is 0 Å². The highest BCUT2D eigenvalue weighted by Crippen LogP contribution is 2.28. The fourth-order valence-electron chi connectivity index (χ4n) is 1.83. The molecule has 0 aliphatic carbocycles. The van der Waals surface area contributed by atoms with Crippen LogP contribution in [0.2, 0.25) is 0 Å². The van der Waals surface area contributed by atoms with Gasteiger partial charge >= 0.3 is 5.69 Å². The molecule has 0 radical (unpaired) electrons. The van der Waals surface area contributed by atoms with E-state index in [0.29, 0.717) is 17.7 Å². The molecule has 0 bridgehead atoms. The van der Waals surface area contributed by atoms with Crippen molar-refractivity contribution < 1.29 is 14.5 Å². The zero-order chi connectivity index (χ0) is 14.5. The van der Waals surface area contributed by atoms with Gasteiger partial charge in [-0.3, -0.25) is 14.9 Å². The van der Waals surface area contributed by atoms with E-state index in [4.69, 9.17) is 4.74 Å². The molecule has 2 rings (SSSR count). The molecule has 0 unspecified atom stereocenters. The van der Waals surface area contributed by atoms with Crippen LogP contribution < -0.4 is 4.74 Å². The highest BCUT2D eigenvalue weighted by atomic mass is 16.6. The summed E-state index contributed by atoms with van der Waals surface area (Å²) in [6.07, 6.45) is 0. The first-order chi connectivity index (χ1) is 9.63. The lowest BCUT2D eigenvalue weighted by atomic mass is 10.0. The predicted octanol–water partition coefficient (Wildman–Crippen LogP) is 3.22. The second-order valence-corrected chi connectivity index (χ2v) is 4.07. The number of hydrogen-bond donors (Lipinski definition) is 0. The van der Waals surface area contributed by atoms with Crippen molar-refractivity contribution in [3.8, 4) is 5.75 Å². The lowest BCUT2D eigenvalue weighted by Crippen LogP contribution is -2.04. The number of rotatable bonds is 5. The molecule has 20 heavy (non-hydrogen) atoms. The van der Waals surface area contributed by atoms with Gasteiger partial charge in [0.1, 0.15) is 0 Å². The lowest BCUT2D eigenvalue weighted by molar-refractivity contribution is -0.385. The quantitative estimate of drug-likeness (QED) is 0.475. The fourth-order valence-corrected chi connectivity index (χ4v) is 1.83. The van der Waals surface area contributed by atoms with Gasteiger partial charge in [-0.2, -0.15) is 0 Å². The van der Waals surface area contributed by atoms with E-state index in [9.17, 15) is 14.9 Å². The van der Waals surface area contributed by atoms with Crippen molar-refractivity contribution in [3.05, 3.63) is 69.8 Å². The van der Waals surface area contributed by atoms with Crippen molar-refractivity contribution in [1.82, 2.24) is 0 Å². The number of carbonyl (C=O) groups is 1. The Bertz CT molecular complexity index is 638. The van der Waals surface area contributed by atoms with Gasteiger partial charge in [-0.25, -0.2) is 0 Å². The summed E-state index contributed by atoms with van der Waals surface area (Å²) in [7, 11) is 0. The maximum atomic E-state index is 12.3. The van der Waals surface area contributed by atoms with Crippen molar-refractivity contribution in [3.63, 3.8) is 0 Å². The van der Waals surface area contributed by atoms with Crippen LogP contribution in [0.1, 0.15) is 22.8 Å². The van der Waals surface area contributed by atoms with Crippen LogP contribution in [-0.2, 0) is 0 Å². The number of nitro benzene ring substituents is 1. The van der Waals surface area contributed by atoms with Gasteiger partial charge in [-0.1, -0.05) is 30.3 Å². The average molecular weight is 271 g/mol. The zero-order valence-corrected chi connectivity index (χ0v) is 10.9. The minimum Gasteiger partial charge on any atom is -0.487 e. The van der Waals surface area contributed by atoms with Gasteiger partial charge in [0, 0.05) is 17.2 Å².